The van der Waals surface area contributed by atoms with Crippen molar-refractivity contribution in [2.75, 3.05) is 19.5 Å². The van der Waals surface area contributed by atoms with Gasteiger partial charge in [-0.2, -0.15) is 13.2 Å². The van der Waals surface area contributed by atoms with Crippen LogP contribution in [0.3, 0.4) is 0 Å². The molecule has 0 bridgehead atoms. The summed E-state index contributed by atoms with van der Waals surface area (Å²) in [5.74, 6) is -1.76. The molecule has 0 aliphatic rings. The molecule has 0 spiro atoms. The third-order valence-corrected chi connectivity index (χ3v) is 3.93. The summed E-state index contributed by atoms with van der Waals surface area (Å²) in [4.78, 5) is 27.2. The lowest BCUT2D eigenvalue weighted by Crippen LogP contribution is -2.69. The Bertz CT molecular complexity index is 731. The van der Waals surface area contributed by atoms with Crippen molar-refractivity contribution >= 4 is 38.7 Å². The van der Waals surface area contributed by atoms with E-state index < -0.39 is 23.9 Å². The third kappa shape index (κ3) is 3.20. The van der Waals surface area contributed by atoms with Crippen LogP contribution in [-0.4, -0.2) is 43.1 Å². The van der Waals surface area contributed by atoms with Crippen molar-refractivity contribution in [2.45, 2.75) is 11.8 Å². The molecular formula is C13H12F3N3O4S. The van der Waals surface area contributed by atoms with Gasteiger partial charge in [-0.25, -0.2) is 14.6 Å². The van der Waals surface area contributed by atoms with Crippen LogP contribution < -0.4 is 10.6 Å². The van der Waals surface area contributed by atoms with Crippen LogP contribution in [0.4, 0.5) is 23.1 Å². The lowest BCUT2D eigenvalue weighted by molar-refractivity contribution is -0.203. The molecule has 0 aliphatic carbocycles. The zero-order valence-corrected chi connectivity index (χ0v) is 13.2. The molecule has 0 fully saturated rings. The van der Waals surface area contributed by atoms with E-state index in [1.165, 1.54) is 5.32 Å². The first-order valence-corrected chi connectivity index (χ1v) is 7.20. The minimum absolute atomic E-state index is 0.227. The van der Waals surface area contributed by atoms with Gasteiger partial charge in [-0.3, -0.25) is 5.32 Å². The molecule has 2 rings (SSSR count). The van der Waals surface area contributed by atoms with Crippen LogP contribution in [0.5, 0.6) is 0 Å². The van der Waals surface area contributed by atoms with Gasteiger partial charge in [0.2, 0.25) is 0 Å². The number of ether oxygens (including phenoxy) is 2. The number of anilines is 1. The highest BCUT2D eigenvalue weighted by Crippen LogP contribution is 2.35. The minimum Gasteiger partial charge on any atom is -0.466 e. The Morgan fingerprint density at radius 3 is 2.38 bits per heavy atom. The van der Waals surface area contributed by atoms with Crippen molar-refractivity contribution in [2.24, 2.45) is 0 Å². The fraction of sp³-hybridized carbons (Fsp3) is 0.308. The molecule has 2 N–H and O–H groups in total. The first kappa shape index (κ1) is 17.8. The number of esters is 1. The summed E-state index contributed by atoms with van der Waals surface area (Å²) in [7, 11) is 1.63. The van der Waals surface area contributed by atoms with Crippen molar-refractivity contribution < 1.29 is 32.2 Å². The number of nitrogens with zero attached hydrogens (tertiary/aromatic N) is 1. The Balaban J connectivity index is 2.50. The summed E-state index contributed by atoms with van der Waals surface area (Å²) in [6, 6.07) is 6.60. The number of carbonyl (C=O) groups is 2. The van der Waals surface area contributed by atoms with E-state index in [1.807, 2.05) is 5.32 Å². The molecule has 0 radical (unpaired) electrons. The van der Waals surface area contributed by atoms with Crippen LogP contribution in [-0.2, 0) is 14.3 Å². The van der Waals surface area contributed by atoms with Crippen LogP contribution in [0.2, 0.25) is 0 Å². The van der Waals surface area contributed by atoms with Gasteiger partial charge in [0.1, 0.15) is 0 Å². The van der Waals surface area contributed by atoms with Crippen LogP contribution in [0.1, 0.15) is 0 Å². The Labute approximate surface area is 137 Å². The van der Waals surface area contributed by atoms with Crippen LogP contribution in [0.25, 0.3) is 10.2 Å². The van der Waals surface area contributed by atoms with Crippen molar-refractivity contribution in [3.8, 4) is 0 Å². The predicted molar refractivity (Wildman–Crippen MR) is 79.6 cm³/mol. The number of halogens is 3. The molecule has 0 saturated heterocycles. The number of methoxy groups -OCH3 is 2. The van der Waals surface area contributed by atoms with E-state index in [0.29, 0.717) is 10.2 Å². The standard InChI is InChI=1S/C13H12F3N3O4S/c1-22-9(20)12(13(14,15)16,19-11(21)23-2)18-10-17-7-5-3-4-6-8(7)24-10/h3-6H,1-2H3,(H,17,18)(H,19,21)/t12-/m0/s1. The molecule has 1 aromatic heterocycles. The Morgan fingerprint density at radius 1 is 1.17 bits per heavy atom. The molecule has 1 heterocycles. The number of para-hydroxylation sites is 1. The number of carbonyl (C=O) groups excluding carboxylic acids is 2. The fourth-order valence-electron chi connectivity index (χ4n) is 1.83. The first-order chi connectivity index (χ1) is 11.2. The Morgan fingerprint density at radius 2 is 1.83 bits per heavy atom. The Kier molecular flexibility index (Phi) is 4.83. The van der Waals surface area contributed by atoms with E-state index >= 15 is 0 Å². The lowest BCUT2D eigenvalue weighted by Gasteiger charge is -2.33. The van der Waals surface area contributed by atoms with Crippen LogP contribution in [0, 0.1) is 0 Å². The molecule has 11 heteroatoms. The summed E-state index contributed by atoms with van der Waals surface area (Å²) >= 11 is 0.881. The van der Waals surface area contributed by atoms with E-state index in [2.05, 4.69) is 14.5 Å². The number of rotatable bonds is 4. The first-order valence-electron chi connectivity index (χ1n) is 6.38. The second kappa shape index (κ2) is 6.51. The molecule has 24 heavy (non-hydrogen) atoms. The Hall–Kier alpha value is -2.56. The average Bonchev–Trinajstić information content (AvgIpc) is 2.94. The third-order valence-electron chi connectivity index (χ3n) is 2.98. The van der Waals surface area contributed by atoms with Crippen molar-refractivity contribution in [3.63, 3.8) is 0 Å². The molecule has 1 amide bonds. The maximum Gasteiger partial charge on any atom is 0.442 e. The smallest absolute Gasteiger partial charge is 0.442 e. The minimum atomic E-state index is -5.23. The highest BCUT2D eigenvalue weighted by Gasteiger charge is 2.64. The second-order valence-corrected chi connectivity index (χ2v) is 5.50. The zero-order valence-electron chi connectivity index (χ0n) is 12.4. The second-order valence-electron chi connectivity index (χ2n) is 4.47. The predicted octanol–water partition coefficient (Wildman–Crippen LogP) is 2.50. The van der Waals surface area contributed by atoms with Gasteiger partial charge in [-0.15, -0.1) is 0 Å². The highest BCUT2D eigenvalue weighted by atomic mass is 32.1. The van der Waals surface area contributed by atoms with Crippen molar-refractivity contribution in [1.29, 1.82) is 0 Å². The van der Waals surface area contributed by atoms with Crippen LogP contribution in [0.15, 0.2) is 24.3 Å². The molecule has 0 aliphatic heterocycles. The van der Waals surface area contributed by atoms with E-state index in [0.717, 1.165) is 25.6 Å². The number of nitrogens with one attached hydrogen (secondary N) is 2. The average molecular weight is 363 g/mol. The molecule has 7 nitrogen and oxygen atoms in total. The number of aromatic nitrogens is 1. The number of thiazole rings is 1. The van der Waals surface area contributed by atoms with E-state index in [4.69, 9.17) is 0 Å². The summed E-state index contributed by atoms with van der Waals surface area (Å²) in [5.41, 5.74) is -3.10. The molecule has 130 valence electrons. The molecular weight excluding hydrogens is 351 g/mol. The van der Waals surface area contributed by atoms with Gasteiger partial charge in [-0.1, -0.05) is 23.5 Å². The van der Waals surface area contributed by atoms with Gasteiger partial charge >= 0.3 is 23.9 Å². The molecule has 0 unspecified atom stereocenters. The zero-order chi connectivity index (χ0) is 18.0. The number of benzene rings is 1. The fourth-order valence-corrected chi connectivity index (χ4v) is 2.76. The molecule has 1 atom stereocenters. The number of hydrogen-bond acceptors (Lipinski definition) is 7. The quantitative estimate of drug-likeness (QED) is 0.641. The summed E-state index contributed by atoms with van der Waals surface area (Å²) in [6.45, 7) is 0. The van der Waals surface area contributed by atoms with Crippen LogP contribution >= 0.6 is 11.3 Å². The van der Waals surface area contributed by atoms with E-state index in [9.17, 15) is 22.8 Å². The van der Waals surface area contributed by atoms with Gasteiger partial charge in [-0.05, 0) is 12.1 Å². The summed E-state index contributed by atoms with van der Waals surface area (Å²) < 4.78 is 49.8. The maximum absolute atomic E-state index is 13.6. The largest absolute Gasteiger partial charge is 0.466 e. The van der Waals surface area contributed by atoms with Gasteiger partial charge in [0.05, 0.1) is 24.4 Å². The van der Waals surface area contributed by atoms with Gasteiger partial charge in [0, 0.05) is 0 Å². The van der Waals surface area contributed by atoms with E-state index in [-0.39, 0.29) is 5.13 Å². The number of hydrogen-bond donors (Lipinski definition) is 2. The molecule has 1 aromatic carbocycles. The molecule has 0 saturated carbocycles. The summed E-state index contributed by atoms with van der Waals surface area (Å²) in [6.07, 6.45) is -6.70. The molecule has 2 aromatic rings. The number of alkyl halides is 3. The van der Waals surface area contributed by atoms with Gasteiger partial charge < -0.3 is 14.8 Å². The lowest BCUT2D eigenvalue weighted by atomic mass is 10.1. The topological polar surface area (TPSA) is 89.5 Å². The highest BCUT2D eigenvalue weighted by molar-refractivity contribution is 7.22. The van der Waals surface area contributed by atoms with Crippen molar-refractivity contribution in [3.05, 3.63) is 24.3 Å². The van der Waals surface area contributed by atoms with Gasteiger partial charge in [0.25, 0.3) is 0 Å². The van der Waals surface area contributed by atoms with Crippen molar-refractivity contribution in [1.82, 2.24) is 10.3 Å². The summed E-state index contributed by atoms with van der Waals surface area (Å²) in [5, 5.41) is 3.17. The number of alkyl carbamates (subject to hydrolysis) is 1. The van der Waals surface area contributed by atoms with Gasteiger partial charge in [0.15, 0.2) is 5.13 Å². The maximum atomic E-state index is 13.6. The number of amides is 1. The SMILES string of the molecule is COC(=O)N[C@@](Nc1nc2ccccc2s1)(C(=O)OC)C(F)(F)F. The monoisotopic (exact) mass is 363 g/mol. The normalized spacial score (nSPS) is 13.9. The van der Waals surface area contributed by atoms with E-state index in [1.54, 1.807) is 24.3 Å². The number of fused-ring (bicyclic) bond motifs is 1.